The fourth-order valence-corrected chi connectivity index (χ4v) is 2.69. The Morgan fingerprint density at radius 3 is 2.27 bits per heavy atom. The molecule has 2 aromatic rings. The van der Waals surface area contributed by atoms with E-state index in [-0.39, 0.29) is 12.4 Å². The lowest BCUT2D eigenvalue weighted by Gasteiger charge is -2.10. The second-order valence-electron chi connectivity index (χ2n) is 4.68. The van der Waals surface area contributed by atoms with Crippen molar-refractivity contribution in [1.29, 1.82) is 0 Å². The third kappa shape index (κ3) is 4.22. The number of benzene rings is 2. The van der Waals surface area contributed by atoms with Crippen LogP contribution in [0.15, 0.2) is 42.5 Å². The number of hydrogen-bond donors (Lipinski definition) is 0. The minimum absolute atomic E-state index is 0.0290. The SMILES string of the molecule is CC(=O)c1ccc(OCc2ccc(C(F)(F)F)cc2)cc1I. The maximum absolute atomic E-state index is 12.5. The summed E-state index contributed by atoms with van der Waals surface area (Å²) in [6, 6.07) is 9.90. The van der Waals surface area contributed by atoms with E-state index in [0.717, 1.165) is 15.7 Å². The van der Waals surface area contributed by atoms with Gasteiger partial charge in [-0.15, -0.1) is 0 Å². The summed E-state index contributed by atoms with van der Waals surface area (Å²) in [7, 11) is 0. The van der Waals surface area contributed by atoms with Gasteiger partial charge in [-0.3, -0.25) is 4.79 Å². The minimum Gasteiger partial charge on any atom is -0.489 e. The van der Waals surface area contributed by atoms with Crippen molar-refractivity contribution in [3.63, 3.8) is 0 Å². The molecule has 0 N–H and O–H groups in total. The average Bonchev–Trinajstić information content (AvgIpc) is 2.44. The Bertz CT molecular complexity index is 679. The van der Waals surface area contributed by atoms with Crippen molar-refractivity contribution >= 4 is 28.4 Å². The van der Waals surface area contributed by atoms with Gasteiger partial charge in [0.25, 0.3) is 0 Å². The van der Waals surface area contributed by atoms with Crippen LogP contribution in [0.3, 0.4) is 0 Å². The molecule has 0 heterocycles. The summed E-state index contributed by atoms with van der Waals surface area (Å²) >= 11 is 2.04. The molecule has 0 fully saturated rings. The smallest absolute Gasteiger partial charge is 0.416 e. The molecule has 116 valence electrons. The number of ether oxygens (including phenoxy) is 1. The average molecular weight is 420 g/mol. The van der Waals surface area contributed by atoms with Gasteiger partial charge < -0.3 is 4.74 Å². The van der Waals surface area contributed by atoms with Crippen molar-refractivity contribution in [3.8, 4) is 5.75 Å². The normalized spacial score (nSPS) is 11.3. The summed E-state index contributed by atoms with van der Waals surface area (Å²) in [5.41, 5.74) is 0.567. The second kappa shape index (κ2) is 6.68. The molecule has 0 amide bonds. The Kier molecular flexibility index (Phi) is 5.10. The van der Waals surface area contributed by atoms with Crippen molar-refractivity contribution < 1.29 is 22.7 Å². The van der Waals surface area contributed by atoms with Gasteiger partial charge in [-0.2, -0.15) is 13.2 Å². The van der Waals surface area contributed by atoms with E-state index in [9.17, 15) is 18.0 Å². The van der Waals surface area contributed by atoms with Crippen LogP contribution in [0, 0.1) is 3.57 Å². The zero-order valence-electron chi connectivity index (χ0n) is 11.6. The fourth-order valence-electron chi connectivity index (χ4n) is 1.83. The van der Waals surface area contributed by atoms with Gasteiger partial charge in [0, 0.05) is 9.13 Å². The highest BCUT2D eigenvalue weighted by Gasteiger charge is 2.29. The highest BCUT2D eigenvalue weighted by molar-refractivity contribution is 14.1. The van der Waals surface area contributed by atoms with Crippen molar-refractivity contribution in [3.05, 3.63) is 62.7 Å². The summed E-state index contributed by atoms with van der Waals surface area (Å²) < 4.78 is 43.7. The summed E-state index contributed by atoms with van der Waals surface area (Å²) in [5, 5.41) is 0. The van der Waals surface area contributed by atoms with E-state index in [4.69, 9.17) is 4.74 Å². The van der Waals surface area contributed by atoms with E-state index < -0.39 is 11.7 Å². The molecule has 0 aliphatic rings. The van der Waals surface area contributed by atoms with Gasteiger partial charge in [-0.05, 0) is 65.4 Å². The number of carbonyl (C=O) groups excluding carboxylic acids is 1. The van der Waals surface area contributed by atoms with Gasteiger partial charge in [0.05, 0.1) is 5.56 Å². The second-order valence-corrected chi connectivity index (χ2v) is 5.84. The first kappa shape index (κ1) is 16.8. The molecule has 0 atom stereocenters. The third-order valence-electron chi connectivity index (χ3n) is 3.01. The molecule has 0 bridgehead atoms. The maximum atomic E-state index is 12.5. The number of hydrogen-bond acceptors (Lipinski definition) is 2. The minimum atomic E-state index is -4.34. The summed E-state index contributed by atoms with van der Waals surface area (Å²) in [4.78, 5) is 11.3. The van der Waals surface area contributed by atoms with Gasteiger partial charge in [0.15, 0.2) is 5.78 Å². The third-order valence-corrected chi connectivity index (χ3v) is 3.90. The molecule has 6 heteroatoms. The molecule has 0 saturated heterocycles. The Labute approximate surface area is 139 Å². The van der Waals surface area contributed by atoms with Gasteiger partial charge in [0.1, 0.15) is 12.4 Å². The lowest BCUT2D eigenvalue weighted by Crippen LogP contribution is -2.05. The summed E-state index contributed by atoms with van der Waals surface area (Å²) in [6.45, 7) is 1.65. The first-order valence-corrected chi connectivity index (χ1v) is 7.44. The highest BCUT2D eigenvalue weighted by atomic mass is 127. The number of Topliss-reactive ketones (excluding diaryl/α,β-unsaturated/α-hetero) is 1. The standard InChI is InChI=1S/C16H12F3IO2/c1-10(21)14-7-6-13(8-15(14)20)22-9-11-2-4-12(5-3-11)16(17,18)19/h2-8H,9H2,1H3. The molecule has 0 radical (unpaired) electrons. The Balaban J connectivity index is 2.04. The van der Waals surface area contributed by atoms with E-state index in [2.05, 4.69) is 0 Å². The quantitative estimate of drug-likeness (QED) is 0.509. The van der Waals surface area contributed by atoms with Crippen LogP contribution in [0.4, 0.5) is 13.2 Å². The molecule has 0 unspecified atom stereocenters. The van der Waals surface area contributed by atoms with Crippen LogP contribution in [-0.4, -0.2) is 5.78 Å². The van der Waals surface area contributed by atoms with Gasteiger partial charge in [-0.1, -0.05) is 12.1 Å². The van der Waals surface area contributed by atoms with Gasteiger partial charge >= 0.3 is 6.18 Å². The van der Waals surface area contributed by atoms with E-state index in [1.807, 2.05) is 22.6 Å². The number of halogens is 4. The van der Waals surface area contributed by atoms with Crippen LogP contribution in [0.2, 0.25) is 0 Å². The Morgan fingerprint density at radius 1 is 1.14 bits per heavy atom. The highest BCUT2D eigenvalue weighted by Crippen LogP contribution is 2.29. The predicted octanol–water partition coefficient (Wildman–Crippen LogP) is 5.09. The van der Waals surface area contributed by atoms with Crippen LogP contribution < -0.4 is 4.74 Å². The molecule has 2 rings (SSSR count). The van der Waals surface area contributed by atoms with E-state index in [0.29, 0.717) is 16.9 Å². The molecule has 0 aromatic heterocycles. The lowest BCUT2D eigenvalue weighted by molar-refractivity contribution is -0.137. The zero-order chi connectivity index (χ0) is 16.3. The summed E-state index contributed by atoms with van der Waals surface area (Å²) in [6.07, 6.45) is -4.34. The van der Waals surface area contributed by atoms with Crippen LogP contribution in [0.25, 0.3) is 0 Å². The first-order chi connectivity index (χ1) is 10.3. The topological polar surface area (TPSA) is 26.3 Å². The van der Waals surface area contributed by atoms with Crippen LogP contribution in [0.5, 0.6) is 5.75 Å². The number of ketones is 1. The fraction of sp³-hybridized carbons (Fsp3) is 0.188. The molecule has 0 saturated carbocycles. The zero-order valence-corrected chi connectivity index (χ0v) is 13.7. The van der Waals surface area contributed by atoms with Crippen molar-refractivity contribution in [2.24, 2.45) is 0 Å². The van der Waals surface area contributed by atoms with E-state index in [1.165, 1.54) is 19.1 Å². The number of rotatable bonds is 4. The maximum Gasteiger partial charge on any atom is 0.416 e. The molecule has 0 aliphatic carbocycles. The van der Waals surface area contributed by atoms with Gasteiger partial charge in [-0.25, -0.2) is 0 Å². The molecule has 22 heavy (non-hydrogen) atoms. The predicted molar refractivity (Wildman–Crippen MR) is 84.9 cm³/mol. The lowest BCUT2D eigenvalue weighted by atomic mass is 10.1. The summed E-state index contributed by atoms with van der Waals surface area (Å²) in [5.74, 6) is 0.535. The number of carbonyl (C=O) groups is 1. The monoisotopic (exact) mass is 420 g/mol. The van der Waals surface area contributed by atoms with Crippen molar-refractivity contribution in [2.45, 2.75) is 19.7 Å². The van der Waals surface area contributed by atoms with Crippen LogP contribution >= 0.6 is 22.6 Å². The largest absolute Gasteiger partial charge is 0.489 e. The molecule has 0 aliphatic heterocycles. The molecular formula is C16H12F3IO2. The van der Waals surface area contributed by atoms with E-state index >= 15 is 0 Å². The number of alkyl halides is 3. The van der Waals surface area contributed by atoms with Crippen molar-refractivity contribution in [2.75, 3.05) is 0 Å². The van der Waals surface area contributed by atoms with Crippen LogP contribution in [0.1, 0.15) is 28.4 Å². The first-order valence-electron chi connectivity index (χ1n) is 6.37. The van der Waals surface area contributed by atoms with Gasteiger partial charge in [0.2, 0.25) is 0 Å². The Hall–Kier alpha value is -1.57. The van der Waals surface area contributed by atoms with Crippen molar-refractivity contribution in [1.82, 2.24) is 0 Å². The molecule has 2 nitrogen and oxygen atoms in total. The Morgan fingerprint density at radius 2 is 1.77 bits per heavy atom. The van der Waals surface area contributed by atoms with Crippen LogP contribution in [-0.2, 0) is 12.8 Å². The molecule has 2 aromatic carbocycles. The molecule has 0 spiro atoms. The molecular weight excluding hydrogens is 408 g/mol. The van der Waals surface area contributed by atoms with E-state index in [1.54, 1.807) is 18.2 Å².